The number of phenolic OH excluding ortho intramolecular Hbond substituents is 1. The molecule has 4 heteroatoms. The Labute approximate surface area is 132 Å². The Morgan fingerprint density at radius 3 is 2.87 bits per heavy atom. The van der Waals surface area contributed by atoms with Crippen LogP contribution in [0, 0.1) is 6.92 Å². The highest BCUT2D eigenvalue weighted by atomic mass is 16.3. The van der Waals surface area contributed by atoms with E-state index in [4.69, 9.17) is 4.42 Å². The summed E-state index contributed by atoms with van der Waals surface area (Å²) < 4.78 is 5.60. The molecular formula is C19H16O4. The van der Waals surface area contributed by atoms with Crippen LogP contribution in [0.2, 0.25) is 0 Å². The van der Waals surface area contributed by atoms with Crippen molar-refractivity contribution in [1.29, 1.82) is 0 Å². The monoisotopic (exact) mass is 308 g/mol. The quantitative estimate of drug-likeness (QED) is 0.746. The molecule has 0 atom stereocenters. The summed E-state index contributed by atoms with van der Waals surface area (Å²) in [7, 11) is 0. The second kappa shape index (κ2) is 4.95. The molecule has 0 saturated carbocycles. The van der Waals surface area contributed by atoms with Crippen molar-refractivity contribution in [3.63, 3.8) is 0 Å². The van der Waals surface area contributed by atoms with E-state index >= 15 is 0 Å². The lowest BCUT2D eigenvalue weighted by molar-refractivity contribution is -0.107. The molecule has 0 radical (unpaired) electrons. The number of fused-ring (bicyclic) bond motifs is 4. The van der Waals surface area contributed by atoms with Crippen LogP contribution in [0.25, 0.3) is 21.7 Å². The Kier molecular flexibility index (Phi) is 3.01. The molecule has 0 bridgehead atoms. The van der Waals surface area contributed by atoms with Gasteiger partial charge in [0.05, 0.1) is 6.26 Å². The van der Waals surface area contributed by atoms with E-state index in [9.17, 15) is 14.7 Å². The molecule has 0 unspecified atom stereocenters. The highest BCUT2D eigenvalue weighted by Crippen LogP contribution is 2.43. The maximum Gasteiger partial charge on any atom is 0.176 e. The second-order valence-corrected chi connectivity index (χ2v) is 6.08. The van der Waals surface area contributed by atoms with E-state index in [1.165, 1.54) is 0 Å². The Morgan fingerprint density at radius 1 is 1.26 bits per heavy atom. The van der Waals surface area contributed by atoms with Crippen LogP contribution < -0.4 is 0 Å². The highest BCUT2D eigenvalue weighted by molar-refractivity contribution is 6.13. The van der Waals surface area contributed by atoms with Crippen molar-refractivity contribution < 1.29 is 19.1 Å². The number of hydrogen-bond acceptors (Lipinski definition) is 4. The molecule has 23 heavy (non-hydrogen) atoms. The molecule has 116 valence electrons. The zero-order valence-corrected chi connectivity index (χ0v) is 12.8. The second-order valence-electron chi connectivity index (χ2n) is 6.08. The summed E-state index contributed by atoms with van der Waals surface area (Å²) in [6.45, 7) is 1.99. The lowest BCUT2D eigenvalue weighted by Gasteiger charge is -2.11. The van der Waals surface area contributed by atoms with E-state index in [-0.39, 0.29) is 11.5 Å². The Morgan fingerprint density at radius 2 is 2.09 bits per heavy atom. The van der Waals surface area contributed by atoms with Crippen LogP contribution in [0.1, 0.15) is 39.9 Å². The molecule has 0 saturated heterocycles. The Balaban J connectivity index is 2.09. The number of aromatic hydroxyl groups is 1. The van der Waals surface area contributed by atoms with Crippen molar-refractivity contribution in [1.82, 2.24) is 0 Å². The van der Waals surface area contributed by atoms with Crippen LogP contribution in [-0.2, 0) is 17.6 Å². The van der Waals surface area contributed by atoms with E-state index in [0.717, 1.165) is 39.1 Å². The molecule has 1 aromatic heterocycles. The van der Waals surface area contributed by atoms with Gasteiger partial charge in [0.1, 0.15) is 6.29 Å². The number of Topliss-reactive ketones (excluding diaryl/α,β-unsaturated/α-hetero) is 1. The zero-order chi connectivity index (χ0) is 16.1. The van der Waals surface area contributed by atoms with Gasteiger partial charge < -0.3 is 14.3 Å². The first-order valence-corrected chi connectivity index (χ1v) is 7.77. The first kappa shape index (κ1) is 14.0. The SMILES string of the molecule is Cc1c2ccc3c(c2c(O)c2occ(CCC=O)c12)CCC3=O. The molecule has 0 spiro atoms. The van der Waals surface area contributed by atoms with Crippen LogP contribution in [-0.4, -0.2) is 17.2 Å². The van der Waals surface area contributed by atoms with Crippen LogP contribution >= 0.6 is 0 Å². The predicted molar refractivity (Wildman–Crippen MR) is 87.2 cm³/mol. The topological polar surface area (TPSA) is 67.5 Å². The minimum absolute atomic E-state index is 0.101. The molecular weight excluding hydrogens is 292 g/mol. The normalized spacial score (nSPS) is 13.9. The van der Waals surface area contributed by atoms with Crippen molar-refractivity contribution in [2.75, 3.05) is 0 Å². The average molecular weight is 308 g/mol. The summed E-state index contributed by atoms with van der Waals surface area (Å²) in [6.07, 6.45) is 4.66. The molecule has 3 aromatic rings. The number of benzene rings is 2. The average Bonchev–Trinajstić information content (AvgIpc) is 3.14. The predicted octanol–water partition coefficient (Wildman–Crippen LogP) is 3.86. The summed E-state index contributed by atoms with van der Waals surface area (Å²) in [5, 5.41) is 13.3. The number of carbonyl (C=O) groups is 2. The zero-order valence-electron chi connectivity index (χ0n) is 12.8. The lowest BCUT2D eigenvalue weighted by atomic mass is 9.93. The van der Waals surface area contributed by atoms with E-state index in [1.54, 1.807) is 6.26 Å². The molecule has 4 rings (SSSR count). The van der Waals surface area contributed by atoms with Gasteiger partial charge in [-0.1, -0.05) is 12.1 Å². The summed E-state index contributed by atoms with van der Waals surface area (Å²) in [5.74, 6) is 0.231. The fraction of sp³-hybridized carbons (Fsp3) is 0.263. The Hall–Kier alpha value is -2.62. The minimum atomic E-state index is 0.101. The third-order valence-corrected chi connectivity index (χ3v) is 4.84. The molecule has 2 aromatic carbocycles. The van der Waals surface area contributed by atoms with Gasteiger partial charge in [-0.05, 0) is 41.8 Å². The molecule has 1 heterocycles. The Bertz CT molecular complexity index is 978. The van der Waals surface area contributed by atoms with Gasteiger partial charge in [0.15, 0.2) is 17.1 Å². The van der Waals surface area contributed by atoms with Crippen LogP contribution in [0.4, 0.5) is 0 Å². The smallest absolute Gasteiger partial charge is 0.176 e. The molecule has 0 aliphatic heterocycles. The molecule has 0 amide bonds. The van der Waals surface area contributed by atoms with E-state index in [0.29, 0.717) is 36.8 Å². The highest BCUT2D eigenvalue weighted by Gasteiger charge is 2.26. The molecule has 0 fully saturated rings. The van der Waals surface area contributed by atoms with Gasteiger partial charge in [-0.3, -0.25) is 4.79 Å². The third-order valence-electron chi connectivity index (χ3n) is 4.84. The van der Waals surface area contributed by atoms with E-state index in [2.05, 4.69) is 0 Å². The van der Waals surface area contributed by atoms with Crippen molar-refractivity contribution in [3.8, 4) is 5.75 Å². The maximum absolute atomic E-state index is 12.0. The van der Waals surface area contributed by atoms with Crippen LogP contribution in [0.5, 0.6) is 5.75 Å². The summed E-state index contributed by atoms with van der Waals surface area (Å²) in [5.41, 5.74) is 4.02. The van der Waals surface area contributed by atoms with Crippen molar-refractivity contribution in [3.05, 3.63) is 40.6 Å². The molecule has 1 N–H and O–H groups in total. The summed E-state index contributed by atoms with van der Waals surface area (Å²) >= 11 is 0. The number of phenols is 1. The number of rotatable bonds is 3. The number of hydrogen-bond donors (Lipinski definition) is 1. The van der Waals surface area contributed by atoms with Gasteiger partial charge in [-0.25, -0.2) is 0 Å². The molecule has 1 aliphatic carbocycles. The first-order chi connectivity index (χ1) is 11.1. The third kappa shape index (κ3) is 1.84. The van der Waals surface area contributed by atoms with Crippen molar-refractivity contribution in [2.45, 2.75) is 32.6 Å². The van der Waals surface area contributed by atoms with Gasteiger partial charge in [0, 0.05) is 29.2 Å². The standard InChI is InChI=1S/C19H16O4/c1-10-12-4-5-13-14(6-7-15(13)21)17(12)18(22)19-16(10)11(9-23-19)3-2-8-20/h4-5,8-9,22H,2-3,6-7H2,1H3. The fourth-order valence-electron chi connectivity index (χ4n) is 3.75. The van der Waals surface area contributed by atoms with Crippen molar-refractivity contribution in [2.24, 2.45) is 0 Å². The van der Waals surface area contributed by atoms with E-state index in [1.807, 2.05) is 19.1 Å². The number of aldehydes is 1. The number of furan rings is 1. The van der Waals surface area contributed by atoms with Crippen molar-refractivity contribution >= 4 is 33.8 Å². The minimum Gasteiger partial charge on any atom is -0.504 e. The fourth-order valence-corrected chi connectivity index (χ4v) is 3.75. The van der Waals surface area contributed by atoms with E-state index < -0.39 is 0 Å². The number of ketones is 1. The largest absolute Gasteiger partial charge is 0.504 e. The molecule has 1 aliphatic rings. The van der Waals surface area contributed by atoms with Gasteiger partial charge in [0.25, 0.3) is 0 Å². The summed E-state index contributed by atoms with van der Waals surface area (Å²) in [6, 6.07) is 3.76. The number of carbonyl (C=O) groups excluding carboxylic acids is 2. The van der Waals surface area contributed by atoms with Gasteiger partial charge in [0.2, 0.25) is 0 Å². The van der Waals surface area contributed by atoms with Gasteiger partial charge in [-0.15, -0.1) is 0 Å². The van der Waals surface area contributed by atoms with Gasteiger partial charge >= 0.3 is 0 Å². The maximum atomic E-state index is 12.0. The summed E-state index contributed by atoms with van der Waals surface area (Å²) in [4.78, 5) is 22.6. The van der Waals surface area contributed by atoms with Crippen LogP contribution in [0.3, 0.4) is 0 Å². The number of aryl methyl sites for hydroxylation is 3. The molecule has 4 nitrogen and oxygen atoms in total. The lowest BCUT2D eigenvalue weighted by Crippen LogP contribution is -1.94. The van der Waals surface area contributed by atoms with Gasteiger partial charge in [-0.2, -0.15) is 0 Å². The first-order valence-electron chi connectivity index (χ1n) is 7.77. The van der Waals surface area contributed by atoms with Crippen LogP contribution in [0.15, 0.2) is 22.8 Å².